The maximum atomic E-state index is 5.25. The summed E-state index contributed by atoms with van der Waals surface area (Å²) in [4.78, 5) is 10.4. The maximum absolute atomic E-state index is 5.25. The summed E-state index contributed by atoms with van der Waals surface area (Å²) in [6.07, 6.45) is 0. The van der Waals surface area contributed by atoms with Crippen LogP contribution in [0.3, 0.4) is 0 Å². The molecule has 0 atom stereocenters. The lowest BCUT2D eigenvalue weighted by Crippen LogP contribution is -2.14. The van der Waals surface area contributed by atoms with Crippen LogP contribution in [0.15, 0.2) is 146 Å². The van der Waals surface area contributed by atoms with Gasteiger partial charge >= 0.3 is 0 Å². The van der Waals surface area contributed by atoms with Crippen molar-refractivity contribution in [3.63, 3.8) is 0 Å². The molecule has 0 radical (unpaired) electrons. The van der Waals surface area contributed by atoms with Gasteiger partial charge in [-0.25, -0.2) is 9.97 Å². The van der Waals surface area contributed by atoms with Crippen LogP contribution in [0.1, 0.15) is 25.0 Å². The first kappa shape index (κ1) is 25.4. The van der Waals surface area contributed by atoms with Crippen LogP contribution in [0.2, 0.25) is 0 Å². The number of rotatable bonds is 4. The fourth-order valence-electron chi connectivity index (χ4n) is 6.70. The van der Waals surface area contributed by atoms with E-state index in [9.17, 15) is 0 Å². The molecule has 0 N–H and O–H groups in total. The summed E-state index contributed by atoms with van der Waals surface area (Å²) >= 11 is 0. The molecular formula is C41H30N2. The molecule has 6 aromatic carbocycles. The first-order valence-corrected chi connectivity index (χ1v) is 14.8. The number of hydrogen-bond donors (Lipinski definition) is 0. The van der Waals surface area contributed by atoms with Crippen molar-refractivity contribution in [3.05, 3.63) is 157 Å². The van der Waals surface area contributed by atoms with E-state index >= 15 is 0 Å². The van der Waals surface area contributed by atoms with Gasteiger partial charge in [-0.05, 0) is 62.4 Å². The maximum Gasteiger partial charge on any atom is 0.160 e. The molecule has 1 aliphatic rings. The van der Waals surface area contributed by atoms with E-state index in [2.05, 4.69) is 141 Å². The second kappa shape index (κ2) is 9.89. The topological polar surface area (TPSA) is 25.8 Å². The van der Waals surface area contributed by atoms with Gasteiger partial charge in [0.2, 0.25) is 0 Å². The Bertz CT molecular complexity index is 2140. The van der Waals surface area contributed by atoms with Gasteiger partial charge < -0.3 is 0 Å². The van der Waals surface area contributed by atoms with Crippen molar-refractivity contribution in [2.24, 2.45) is 0 Å². The van der Waals surface area contributed by atoms with E-state index in [1.807, 2.05) is 18.2 Å². The van der Waals surface area contributed by atoms with E-state index in [1.165, 1.54) is 38.6 Å². The molecule has 0 saturated carbocycles. The van der Waals surface area contributed by atoms with Crippen molar-refractivity contribution in [2.45, 2.75) is 19.3 Å². The average molecular weight is 551 g/mol. The van der Waals surface area contributed by atoms with E-state index in [4.69, 9.17) is 9.97 Å². The summed E-state index contributed by atoms with van der Waals surface area (Å²) in [5.74, 6) is 0.726. The highest BCUT2D eigenvalue weighted by Gasteiger charge is 2.37. The molecule has 43 heavy (non-hydrogen) atoms. The lowest BCUT2D eigenvalue weighted by atomic mass is 9.81. The zero-order chi connectivity index (χ0) is 29.0. The van der Waals surface area contributed by atoms with Gasteiger partial charge in [-0.3, -0.25) is 0 Å². The van der Waals surface area contributed by atoms with Crippen LogP contribution in [0, 0.1) is 0 Å². The van der Waals surface area contributed by atoms with Crippen molar-refractivity contribution in [1.82, 2.24) is 9.97 Å². The molecule has 2 nitrogen and oxygen atoms in total. The zero-order valence-corrected chi connectivity index (χ0v) is 24.3. The first-order chi connectivity index (χ1) is 21.1. The Kier molecular flexibility index (Phi) is 5.84. The van der Waals surface area contributed by atoms with E-state index in [0.29, 0.717) is 0 Å². The van der Waals surface area contributed by atoms with Gasteiger partial charge in [-0.15, -0.1) is 0 Å². The molecule has 8 rings (SSSR count). The van der Waals surface area contributed by atoms with Crippen LogP contribution in [-0.2, 0) is 5.41 Å². The predicted molar refractivity (Wildman–Crippen MR) is 179 cm³/mol. The highest BCUT2D eigenvalue weighted by Crippen LogP contribution is 2.53. The molecule has 1 aromatic heterocycles. The molecule has 204 valence electrons. The van der Waals surface area contributed by atoms with Crippen LogP contribution < -0.4 is 0 Å². The van der Waals surface area contributed by atoms with Gasteiger partial charge in [0.25, 0.3) is 0 Å². The lowest BCUT2D eigenvalue weighted by Gasteiger charge is -2.22. The molecule has 1 aliphatic carbocycles. The fraction of sp³-hybridized carbons (Fsp3) is 0.0732. The number of benzene rings is 6. The highest BCUT2D eigenvalue weighted by atomic mass is 14.9. The van der Waals surface area contributed by atoms with Crippen molar-refractivity contribution < 1.29 is 0 Å². The van der Waals surface area contributed by atoms with Crippen LogP contribution in [0.4, 0.5) is 0 Å². The molecule has 7 aromatic rings. The molecule has 1 heterocycles. The Hall–Kier alpha value is -5.34. The predicted octanol–water partition coefficient (Wildman–Crippen LogP) is 10.6. The summed E-state index contributed by atoms with van der Waals surface area (Å²) in [5, 5.41) is 2.53. The number of hydrogen-bond acceptors (Lipinski definition) is 2. The molecule has 0 bridgehead atoms. The van der Waals surface area contributed by atoms with Gasteiger partial charge in [-0.2, -0.15) is 0 Å². The quantitative estimate of drug-likeness (QED) is 0.218. The summed E-state index contributed by atoms with van der Waals surface area (Å²) in [6, 6.07) is 51.7. The van der Waals surface area contributed by atoms with Crippen LogP contribution in [0.25, 0.3) is 66.9 Å². The third-order valence-corrected chi connectivity index (χ3v) is 8.89. The third-order valence-electron chi connectivity index (χ3n) is 8.89. The Labute approximate surface area is 252 Å². The van der Waals surface area contributed by atoms with Crippen LogP contribution in [0.5, 0.6) is 0 Å². The summed E-state index contributed by atoms with van der Waals surface area (Å²) in [6.45, 7) is 4.68. The van der Waals surface area contributed by atoms with Crippen molar-refractivity contribution >= 4 is 10.8 Å². The Morgan fingerprint density at radius 2 is 0.977 bits per heavy atom. The van der Waals surface area contributed by atoms with Gasteiger partial charge in [0, 0.05) is 22.1 Å². The standard InChI is InChI=1S/C41H30N2/c1-41(2)35-23-13-22-33(39(35)34-24-29-18-9-10-19-30(29)25-36(34)41)38-26-37(42-40(43-38)28-16-7-4-8-17-28)32-21-12-11-20-31(32)27-14-5-3-6-15-27/h3-26H,1-2H3. The van der Waals surface area contributed by atoms with E-state index in [1.54, 1.807) is 0 Å². The first-order valence-electron chi connectivity index (χ1n) is 14.8. The lowest BCUT2D eigenvalue weighted by molar-refractivity contribution is 0.661. The average Bonchev–Trinajstić information content (AvgIpc) is 3.30. The summed E-state index contributed by atoms with van der Waals surface area (Å²) in [5.41, 5.74) is 12.5. The number of aromatic nitrogens is 2. The summed E-state index contributed by atoms with van der Waals surface area (Å²) < 4.78 is 0. The monoisotopic (exact) mass is 550 g/mol. The minimum Gasteiger partial charge on any atom is -0.228 e. The normalized spacial score (nSPS) is 13.1. The molecule has 2 heteroatoms. The van der Waals surface area contributed by atoms with Gasteiger partial charge in [-0.1, -0.05) is 141 Å². The highest BCUT2D eigenvalue weighted by molar-refractivity contribution is 5.98. The minimum absolute atomic E-state index is 0.122. The van der Waals surface area contributed by atoms with E-state index in [-0.39, 0.29) is 5.41 Å². The van der Waals surface area contributed by atoms with Gasteiger partial charge in [0.05, 0.1) is 11.4 Å². The Morgan fingerprint density at radius 1 is 0.419 bits per heavy atom. The summed E-state index contributed by atoms with van der Waals surface area (Å²) in [7, 11) is 0. The molecular weight excluding hydrogens is 520 g/mol. The smallest absolute Gasteiger partial charge is 0.160 e. The zero-order valence-electron chi connectivity index (χ0n) is 24.3. The van der Waals surface area contributed by atoms with Crippen molar-refractivity contribution in [3.8, 4) is 56.2 Å². The second-order valence-electron chi connectivity index (χ2n) is 11.8. The SMILES string of the molecule is CC1(C)c2cc3ccccc3cc2-c2c(-c3cc(-c4ccccc4-c4ccccc4)nc(-c4ccccc4)n3)cccc21. The Balaban J connectivity index is 1.40. The molecule has 0 amide bonds. The molecule has 0 saturated heterocycles. The van der Waals surface area contributed by atoms with Gasteiger partial charge in [0.1, 0.15) is 0 Å². The van der Waals surface area contributed by atoms with E-state index in [0.717, 1.165) is 39.5 Å². The number of fused-ring (bicyclic) bond motifs is 4. The van der Waals surface area contributed by atoms with Gasteiger partial charge in [0.15, 0.2) is 5.82 Å². The largest absolute Gasteiger partial charge is 0.228 e. The van der Waals surface area contributed by atoms with Crippen molar-refractivity contribution in [1.29, 1.82) is 0 Å². The number of nitrogens with zero attached hydrogens (tertiary/aromatic N) is 2. The van der Waals surface area contributed by atoms with E-state index < -0.39 is 0 Å². The molecule has 0 fully saturated rings. The Morgan fingerprint density at radius 3 is 1.70 bits per heavy atom. The second-order valence-corrected chi connectivity index (χ2v) is 11.8. The molecule has 0 spiro atoms. The third kappa shape index (κ3) is 4.18. The minimum atomic E-state index is -0.122. The molecule has 0 aliphatic heterocycles. The van der Waals surface area contributed by atoms with Crippen LogP contribution >= 0.6 is 0 Å². The van der Waals surface area contributed by atoms with Crippen molar-refractivity contribution in [2.75, 3.05) is 0 Å². The van der Waals surface area contributed by atoms with Crippen LogP contribution in [-0.4, -0.2) is 9.97 Å². The molecule has 0 unspecified atom stereocenters. The fourth-order valence-corrected chi connectivity index (χ4v) is 6.70.